The van der Waals surface area contributed by atoms with Crippen molar-refractivity contribution in [3.8, 4) is 17.1 Å². The number of aromatic nitrogens is 4. The van der Waals surface area contributed by atoms with Crippen molar-refractivity contribution in [3.05, 3.63) is 42.0 Å². The van der Waals surface area contributed by atoms with Crippen LogP contribution in [0.4, 0.5) is 0 Å². The van der Waals surface area contributed by atoms with Crippen LogP contribution in [0.1, 0.15) is 41.2 Å². The lowest BCUT2D eigenvalue weighted by Gasteiger charge is -2.20. The number of carbonyl (C=O) groups is 1. The summed E-state index contributed by atoms with van der Waals surface area (Å²) >= 11 is 0. The summed E-state index contributed by atoms with van der Waals surface area (Å²) in [4.78, 5) is 20.9. The Balaban J connectivity index is 1.91. The highest BCUT2D eigenvalue weighted by Crippen LogP contribution is 2.33. The number of methoxy groups -OCH3 is 1. The average molecular weight is 381 g/mol. The molecule has 1 unspecified atom stereocenters. The molecule has 4 heterocycles. The Morgan fingerprint density at radius 3 is 2.93 bits per heavy atom. The molecule has 9 heteroatoms. The topological polar surface area (TPSA) is 125 Å². The molecular weight excluding hydrogens is 358 g/mol. The monoisotopic (exact) mass is 381 g/mol. The second-order valence-corrected chi connectivity index (χ2v) is 6.99. The fourth-order valence-corrected chi connectivity index (χ4v) is 3.84. The lowest BCUT2D eigenvalue weighted by Crippen LogP contribution is -2.34. The molecule has 1 aliphatic rings. The maximum atomic E-state index is 12.2. The molecule has 146 valence electrons. The van der Waals surface area contributed by atoms with Gasteiger partial charge in [-0.05, 0) is 25.0 Å². The molecule has 0 saturated carbocycles. The standard InChI is InChI=1S/C19H23N7O2/c1-28-16-8-12(5-6-22-16)15-9-14(19(20)27)18-17(23-11-24-26(15)18)13-4-2-3-7-25(21)10-13/h5-6,8-9,11,13H,2-4,7,10,21H2,1H3,(H2,20,27). The number of primary amides is 1. The van der Waals surface area contributed by atoms with Gasteiger partial charge in [0.2, 0.25) is 5.88 Å². The number of nitrogens with two attached hydrogens (primary N) is 2. The van der Waals surface area contributed by atoms with E-state index in [1.54, 1.807) is 30.0 Å². The molecule has 0 bridgehead atoms. The van der Waals surface area contributed by atoms with Crippen LogP contribution in [0.25, 0.3) is 16.8 Å². The van der Waals surface area contributed by atoms with E-state index in [0.29, 0.717) is 23.5 Å². The molecule has 1 saturated heterocycles. The Bertz CT molecular complexity index is 1020. The maximum absolute atomic E-state index is 12.2. The molecule has 9 nitrogen and oxygen atoms in total. The molecule has 3 aromatic rings. The zero-order chi connectivity index (χ0) is 19.7. The maximum Gasteiger partial charge on any atom is 0.251 e. The van der Waals surface area contributed by atoms with Crippen molar-refractivity contribution in [1.82, 2.24) is 24.6 Å². The third kappa shape index (κ3) is 3.30. The van der Waals surface area contributed by atoms with Crippen LogP contribution >= 0.6 is 0 Å². The van der Waals surface area contributed by atoms with E-state index in [1.807, 2.05) is 11.1 Å². The molecule has 1 amide bonds. The minimum absolute atomic E-state index is 0.103. The summed E-state index contributed by atoms with van der Waals surface area (Å²) in [6.45, 7) is 1.53. The smallest absolute Gasteiger partial charge is 0.251 e. The fraction of sp³-hybridized carbons (Fsp3) is 0.368. The molecule has 0 aliphatic carbocycles. The number of nitrogens with zero attached hydrogens (tertiary/aromatic N) is 5. The van der Waals surface area contributed by atoms with Gasteiger partial charge >= 0.3 is 0 Å². The van der Waals surface area contributed by atoms with Crippen LogP contribution in [0.15, 0.2) is 30.7 Å². The predicted molar refractivity (Wildman–Crippen MR) is 104 cm³/mol. The first-order chi connectivity index (χ1) is 13.6. The normalized spacial score (nSPS) is 18.1. The second-order valence-electron chi connectivity index (χ2n) is 6.99. The van der Waals surface area contributed by atoms with Gasteiger partial charge < -0.3 is 10.5 Å². The van der Waals surface area contributed by atoms with Crippen molar-refractivity contribution in [3.63, 3.8) is 0 Å². The van der Waals surface area contributed by atoms with E-state index in [-0.39, 0.29) is 5.92 Å². The number of hydrogen-bond donors (Lipinski definition) is 2. The van der Waals surface area contributed by atoms with Crippen molar-refractivity contribution >= 4 is 11.4 Å². The van der Waals surface area contributed by atoms with Gasteiger partial charge in [0.05, 0.1) is 24.1 Å². The molecule has 0 spiro atoms. The molecule has 4 N–H and O–H groups in total. The number of hydrazine groups is 1. The van der Waals surface area contributed by atoms with Gasteiger partial charge in [-0.15, -0.1) is 0 Å². The van der Waals surface area contributed by atoms with E-state index in [2.05, 4.69) is 15.1 Å². The summed E-state index contributed by atoms with van der Waals surface area (Å²) in [6.07, 6.45) is 6.20. The molecule has 3 aromatic heterocycles. The van der Waals surface area contributed by atoms with Gasteiger partial charge in [-0.25, -0.2) is 19.5 Å². The van der Waals surface area contributed by atoms with Crippen LogP contribution < -0.4 is 16.3 Å². The van der Waals surface area contributed by atoms with Crippen LogP contribution in [0.5, 0.6) is 5.88 Å². The van der Waals surface area contributed by atoms with Gasteiger partial charge in [-0.3, -0.25) is 10.6 Å². The quantitative estimate of drug-likeness (QED) is 0.653. The Labute approximate surface area is 162 Å². The summed E-state index contributed by atoms with van der Waals surface area (Å²) < 4.78 is 6.95. The molecule has 1 fully saturated rings. The van der Waals surface area contributed by atoms with Crippen LogP contribution in [0.2, 0.25) is 0 Å². The minimum Gasteiger partial charge on any atom is -0.481 e. The largest absolute Gasteiger partial charge is 0.481 e. The third-order valence-corrected chi connectivity index (χ3v) is 5.18. The highest BCUT2D eigenvalue weighted by molar-refractivity contribution is 6.02. The van der Waals surface area contributed by atoms with Crippen molar-refractivity contribution in [2.24, 2.45) is 11.6 Å². The Morgan fingerprint density at radius 2 is 2.14 bits per heavy atom. The van der Waals surface area contributed by atoms with E-state index in [0.717, 1.165) is 42.8 Å². The molecular formula is C19H23N7O2. The number of amides is 1. The van der Waals surface area contributed by atoms with Crippen molar-refractivity contribution in [1.29, 1.82) is 0 Å². The van der Waals surface area contributed by atoms with Crippen LogP contribution in [0.3, 0.4) is 0 Å². The Hall–Kier alpha value is -3.04. The van der Waals surface area contributed by atoms with Gasteiger partial charge in [0.25, 0.3) is 5.91 Å². The van der Waals surface area contributed by atoms with Crippen molar-refractivity contribution in [2.45, 2.75) is 25.2 Å². The summed E-state index contributed by atoms with van der Waals surface area (Å²) in [5, 5.41) is 6.22. The summed E-state index contributed by atoms with van der Waals surface area (Å²) in [7, 11) is 1.56. The van der Waals surface area contributed by atoms with Crippen LogP contribution in [-0.2, 0) is 0 Å². The Morgan fingerprint density at radius 1 is 1.29 bits per heavy atom. The summed E-state index contributed by atoms with van der Waals surface area (Å²) in [5.41, 5.74) is 9.09. The van der Waals surface area contributed by atoms with Gasteiger partial charge in [0.15, 0.2) is 0 Å². The molecule has 1 atom stereocenters. The number of fused-ring (bicyclic) bond motifs is 1. The van der Waals surface area contributed by atoms with Crippen LogP contribution in [0, 0.1) is 0 Å². The first-order valence-corrected chi connectivity index (χ1v) is 9.25. The average Bonchev–Trinajstić information content (AvgIpc) is 2.97. The third-order valence-electron chi connectivity index (χ3n) is 5.18. The van der Waals surface area contributed by atoms with Gasteiger partial charge in [-0.2, -0.15) is 5.10 Å². The molecule has 28 heavy (non-hydrogen) atoms. The lowest BCUT2D eigenvalue weighted by molar-refractivity contribution is 0.100. The lowest BCUT2D eigenvalue weighted by atomic mass is 9.97. The first-order valence-electron chi connectivity index (χ1n) is 9.25. The highest BCUT2D eigenvalue weighted by Gasteiger charge is 2.26. The van der Waals surface area contributed by atoms with E-state index in [9.17, 15) is 4.79 Å². The number of carbonyl (C=O) groups excluding carboxylic acids is 1. The zero-order valence-corrected chi connectivity index (χ0v) is 15.7. The highest BCUT2D eigenvalue weighted by atomic mass is 16.5. The van der Waals surface area contributed by atoms with Gasteiger partial charge in [-0.1, -0.05) is 6.42 Å². The predicted octanol–water partition coefficient (Wildman–Crippen LogP) is 1.34. The minimum atomic E-state index is -0.515. The number of pyridine rings is 1. The molecule has 0 aromatic carbocycles. The second kappa shape index (κ2) is 7.53. The van der Waals surface area contributed by atoms with Crippen molar-refractivity contribution in [2.75, 3.05) is 20.2 Å². The zero-order valence-electron chi connectivity index (χ0n) is 15.7. The van der Waals surface area contributed by atoms with Gasteiger partial charge in [0.1, 0.15) is 11.8 Å². The molecule has 0 radical (unpaired) electrons. The Kier molecular flexibility index (Phi) is 4.93. The number of ether oxygens (including phenoxy) is 1. The summed E-state index contributed by atoms with van der Waals surface area (Å²) in [5.74, 6) is 6.17. The van der Waals surface area contributed by atoms with E-state index in [1.165, 1.54) is 6.33 Å². The van der Waals surface area contributed by atoms with Crippen LogP contribution in [-0.4, -0.2) is 50.7 Å². The number of hydrogen-bond acceptors (Lipinski definition) is 7. The fourth-order valence-electron chi connectivity index (χ4n) is 3.84. The first kappa shape index (κ1) is 18.3. The van der Waals surface area contributed by atoms with E-state index >= 15 is 0 Å². The number of rotatable bonds is 4. The van der Waals surface area contributed by atoms with E-state index in [4.69, 9.17) is 16.3 Å². The van der Waals surface area contributed by atoms with E-state index < -0.39 is 5.91 Å². The molecule has 4 rings (SSSR count). The van der Waals surface area contributed by atoms with Crippen molar-refractivity contribution < 1.29 is 9.53 Å². The van der Waals surface area contributed by atoms with Gasteiger partial charge in [0, 0.05) is 36.8 Å². The molecule has 1 aliphatic heterocycles. The SMILES string of the molecule is COc1cc(-c2cc(C(N)=O)c3c(C4CCCCN(N)C4)ncnn23)ccn1. The summed E-state index contributed by atoms with van der Waals surface area (Å²) in [6, 6.07) is 5.38.